The van der Waals surface area contributed by atoms with Gasteiger partial charge in [0, 0.05) is 23.1 Å². The Morgan fingerprint density at radius 2 is 1.87 bits per heavy atom. The molecule has 0 N–H and O–H groups in total. The molecule has 1 saturated heterocycles. The normalized spacial score (nSPS) is 19.1. The zero-order chi connectivity index (χ0) is 21.1. The molecule has 0 radical (unpaired) electrons. The molecule has 6 heteroatoms. The lowest BCUT2D eigenvalue weighted by atomic mass is 9.94. The van der Waals surface area contributed by atoms with Crippen molar-refractivity contribution in [3.8, 4) is 5.75 Å². The molecule has 2 aliphatic rings. The first kappa shape index (κ1) is 21.1. The number of likely N-dealkylation sites (N-methyl/N-ethyl adjacent to an activating group) is 1. The fourth-order valence-corrected chi connectivity index (χ4v) is 4.79. The summed E-state index contributed by atoms with van der Waals surface area (Å²) in [6.07, 6.45) is 7.49. The quantitative estimate of drug-likeness (QED) is 0.398. The van der Waals surface area contributed by atoms with E-state index in [0.717, 1.165) is 47.0 Å². The maximum Gasteiger partial charge on any atom is 0.277 e. The third kappa shape index (κ3) is 4.44. The van der Waals surface area contributed by atoms with Crippen LogP contribution in [0.2, 0.25) is 0 Å². The summed E-state index contributed by atoms with van der Waals surface area (Å²) in [7, 11) is 1.87. The van der Waals surface area contributed by atoms with Crippen LogP contribution < -0.4 is 4.74 Å². The lowest BCUT2D eigenvalue weighted by molar-refractivity contribution is -0.124. The van der Waals surface area contributed by atoms with Crippen LogP contribution >= 0.6 is 28.1 Å². The molecule has 0 atom stereocenters. The van der Waals surface area contributed by atoms with Crippen molar-refractivity contribution in [1.82, 2.24) is 9.80 Å². The van der Waals surface area contributed by atoms with Crippen LogP contribution in [0.3, 0.4) is 0 Å². The predicted molar refractivity (Wildman–Crippen MR) is 127 cm³/mol. The van der Waals surface area contributed by atoms with Gasteiger partial charge in [0.1, 0.15) is 18.1 Å². The Hall–Kier alpha value is -2.18. The highest BCUT2D eigenvalue weighted by molar-refractivity contribution is 9.10. The van der Waals surface area contributed by atoms with E-state index < -0.39 is 0 Å². The number of carbonyl (C=O) groups excluding carboxylic acids is 1. The van der Waals surface area contributed by atoms with Gasteiger partial charge in [-0.05, 0) is 54.9 Å². The molecule has 2 aromatic rings. The molecular formula is C24H25BrN2O2S. The zero-order valence-corrected chi connectivity index (χ0v) is 19.4. The number of halogens is 1. The van der Waals surface area contributed by atoms with Crippen LogP contribution in [-0.2, 0) is 11.4 Å². The number of benzene rings is 2. The molecule has 30 heavy (non-hydrogen) atoms. The van der Waals surface area contributed by atoms with Gasteiger partial charge in [0.15, 0.2) is 5.11 Å². The number of carbonyl (C=O) groups is 1. The molecule has 4 nitrogen and oxygen atoms in total. The summed E-state index contributed by atoms with van der Waals surface area (Å²) in [5.41, 5.74) is 2.54. The van der Waals surface area contributed by atoms with Crippen molar-refractivity contribution < 1.29 is 9.53 Å². The van der Waals surface area contributed by atoms with Gasteiger partial charge in [-0.1, -0.05) is 65.5 Å². The molecule has 1 amide bonds. The summed E-state index contributed by atoms with van der Waals surface area (Å²) >= 11 is 9.18. The second-order valence-electron chi connectivity index (χ2n) is 7.79. The Morgan fingerprint density at radius 1 is 1.13 bits per heavy atom. The van der Waals surface area contributed by atoms with Crippen molar-refractivity contribution in [2.24, 2.45) is 0 Å². The first-order chi connectivity index (χ1) is 14.5. The standard InChI is InChI=1S/C24H25BrN2O2S/c1-26-21(23(28)27(24(26)30)20-10-6-3-7-11-20)15-18-14-19(25)12-13-22(18)29-16-17-8-4-2-5-9-17/h2,4-5,8-9,12-15,20H,3,6-7,10-11,16H2,1H3/b21-15-. The van der Waals surface area contributed by atoms with Crippen molar-refractivity contribution in [1.29, 1.82) is 0 Å². The van der Waals surface area contributed by atoms with Crippen LogP contribution in [0, 0.1) is 0 Å². The van der Waals surface area contributed by atoms with E-state index in [0.29, 0.717) is 17.4 Å². The molecule has 2 fully saturated rings. The molecule has 1 saturated carbocycles. The highest BCUT2D eigenvalue weighted by Crippen LogP contribution is 2.33. The van der Waals surface area contributed by atoms with E-state index in [1.54, 1.807) is 0 Å². The van der Waals surface area contributed by atoms with Gasteiger partial charge in [0.25, 0.3) is 5.91 Å². The third-order valence-corrected chi connectivity index (χ3v) is 6.70. The number of hydrogen-bond acceptors (Lipinski definition) is 3. The van der Waals surface area contributed by atoms with Crippen LogP contribution in [0.4, 0.5) is 0 Å². The molecule has 2 aromatic carbocycles. The van der Waals surface area contributed by atoms with E-state index in [1.165, 1.54) is 6.42 Å². The lowest BCUT2D eigenvalue weighted by Gasteiger charge is -2.30. The summed E-state index contributed by atoms with van der Waals surface area (Å²) in [4.78, 5) is 16.9. The second-order valence-corrected chi connectivity index (χ2v) is 9.08. The van der Waals surface area contributed by atoms with Gasteiger partial charge in [0.05, 0.1) is 0 Å². The largest absolute Gasteiger partial charge is 0.488 e. The number of rotatable bonds is 5. The summed E-state index contributed by atoms with van der Waals surface area (Å²) in [6, 6.07) is 16.1. The maximum absolute atomic E-state index is 13.3. The van der Waals surface area contributed by atoms with Crippen molar-refractivity contribution in [2.45, 2.75) is 44.8 Å². The van der Waals surface area contributed by atoms with Crippen LogP contribution in [0.1, 0.15) is 43.2 Å². The Balaban J connectivity index is 1.61. The van der Waals surface area contributed by atoms with Gasteiger partial charge in [0.2, 0.25) is 0 Å². The monoisotopic (exact) mass is 484 g/mol. The number of nitrogens with zero attached hydrogens (tertiary/aromatic N) is 2. The van der Waals surface area contributed by atoms with Gasteiger partial charge in [-0.3, -0.25) is 9.69 Å². The molecular weight excluding hydrogens is 460 g/mol. The molecule has 0 spiro atoms. The predicted octanol–water partition coefficient (Wildman–Crippen LogP) is 5.76. The van der Waals surface area contributed by atoms with Crippen molar-refractivity contribution in [3.63, 3.8) is 0 Å². The van der Waals surface area contributed by atoms with E-state index in [2.05, 4.69) is 15.9 Å². The van der Waals surface area contributed by atoms with Crippen LogP contribution in [0.15, 0.2) is 58.7 Å². The summed E-state index contributed by atoms with van der Waals surface area (Å²) in [5, 5.41) is 0.597. The smallest absolute Gasteiger partial charge is 0.277 e. The minimum Gasteiger partial charge on any atom is -0.488 e. The Labute approximate surface area is 191 Å². The first-order valence-corrected chi connectivity index (χ1v) is 11.5. The van der Waals surface area contributed by atoms with Crippen LogP contribution in [-0.4, -0.2) is 33.9 Å². The molecule has 4 rings (SSSR count). The van der Waals surface area contributed by atoms with Crippen molar-refractivity contribution in [2.75, 3.05) is 7.05 Å². The van der Waals surface area contributed by atoms with Gasteiger partial charge in [-0.25, -0.2) is 0 Å². The number of thiocarbonyl (C=S) groups is 1. The fraction of sp³-hybridized carbons (Fsp3) is 0.333. The molecule has 0 aromatic heterocycles. The number of amides is 1. The molecule has 0 unspecified atom stereocenters. The summed E-state index contributed by atoms with van der Waals surface area (Å²) < 4.78 is 7.02. The fourth-order valence-electron chi connectivity index (χ4n) is 4.08. The van der Waals surface area contributed by atoms with Gasteiger partial charge < -0.3 is 9.64 Å². The molecule has 1 heterocycles. The molecule has 1 aliphatic carbocycles. The van der Waals surface area contributed by atoms with Crippen LogP contribution in [0.25, 0.3) is 6.08 Å². The molecule has 156 valence electrons. The van der Waals surface area contributed by atoms with Gasteiger partial charge in [-0.15, -0.1) is 0 Å². The Kier molecular flexibility index (Phi) is 6.54. The average molecular weight is 485 g/mol. The Bertz CT molecular complexity index is 970. The number of hydrogen-bond donors (Lipinski definition) is 0. The highest BCUT2D eigenvalue weighted by Gasteiger charge is 2.40. The highest BCUT2D eigenvalue weighted by atomic mass is 79.9. The second kappa shape index (κ2) is 9.31. The first-order valence-electron chi connectivity index (χ1n) is 10.3. The van der Waals surface area contributed by atoms with E-state index >= 15 is 0 Å². The SMILES string of the molecule is CN1C(=S)N(C2CCCCC2)C(=O)/C1=C/c1cc(Br)ccc1OCc1ccccc1. The van der Waals surface area contributed by atoms with Gasteiger partial charge in [-0.2, -0.15) is 0 Å². The van der Waals surface area contributed by atoms with Crippen LogP contribution in [0.5, 0.6) is 5.75 Å². The Morgan fingerprint density at radius 3 is 2.60 bits per heavy atom. The minimum absolute atomic E-state index is 0.0108. The lowest BCUT2D eigenvalue weighted by Crippen LogP contribution is -2.41. The van der Waals surface area contributed by atoms with E-state index in [4.69, 9.17) is 17.0 Å². The van der Waals surface area contributed by atoms with Gasteiger partial charge >= 0.3 is 0 Å². The van der Waals surface area contributed by atoms with Crippen molar-refractivity contribution in [3.05, 3.63) is 69.8 Å². The topological polar surface area (TPSA) is 32.8 Å². The molecule has 0 bridgehead atoms. The van der Waals surface area contributed by atoms with E-state index in [1.807, 2.05) is 71.5 Å². The van der Waals surface area contributed by atoms with E-state index in [-0.39, 0.29) is 11.9 Å². The summed E-state index contributed by atoms with van der Waals surface area (Å²) in [6.45, 7) is 0.467. The van der Waals surface area contributed by atoms with Crippen molar-refractivity contribution >= 4 is 45.2 Å². The van der Waals surface area contributed by atoms with E-state index in [9.17, 15) is 4.79 Å². The number of ether oxygens (including phenoxy) is 1. The summed E-state index contributed by atoms with van der Waals surface area (Å²) in [5.74, 6) is 0.723. The third-order valence-electron chi connectivity index (χ3n) is 5.73. The average Bonchev–Trinajstić information content (AvgIpc) is 2.97. The zero-order valence-electron chi connectivity index (χ0n) is 17.0. The minimum atomic E-state index is -0.0108. The molecule has 1 aliphatic heterocycles. The maximum atomic E-state index is 13.3.